The third-order valence-electron chi connectivity index (χ3n) is 2.57. The van der Waals surface area contributed by atoms with E-state index in [1.807, 2.05) is 0 Å². The van der Waals surface area contributed by atoms with Crippen LogP contribution in [0.3, 0.4) is 0 Å². The third-order valence-corrected chi connectivity index (χ3v) is 4.47. The van der Waals surface area contributed by atoms with E-state index in [2.05, 4.69) is 11.3 Å². The highest BCUT2D eigenvalue weighted by atomic mass is 32.2. The van der Waals surface area contributed by atoms with E-state index >= 15 is 0 Å². The lowest BCUT2D eigenvalue weighted by Gasteiger charge is -2.25. The maximum atomic E-state index is 11.6. The SMILES string of the molecule is C=C1CCCC(NS(=O)(=O)C(C)C)C1. The average Bonchev–Trinajstić information content (AvgIpc) is 2.02. The summed E-state index contributed by atoms with van der Waals surface area (Å²) in [5.74, 6) is 0. The summed E-state index contributed by atoms with van der Waals surface area (Å²) in [6.45, 7) is 7.29. The Morgan fingerprint density at radius 1 is 1.50 bits per heavy atom. The monoisotopic (exact) mass is 217 g/mol. The molecule has 0 heterocycles. The van der Waals surface area contributed by atoms with E-state index in [1.54, 1.807) is 13.8 Å². The molecule has 1 atom stereocenters. The van der Waals surface area contributed by atoms with Crippen LogP contribution in [-0.2, 0) is 10.0 Å². The Morgan fingerprint density at radius 2 is 2.14 bits per heavy atom. The minimum absolute atomic E-state index is 0.0728. The van der Waals surface area contributed by atoms with Crippen molar-refractivity contribution in [1.82, 2.24) is 4.72 Å². The van der Waals surface area contributed by atoms with Crippen LogP contribution < -0.4 is 4.72 Å². The summed E-state index contributed by atoms with van der Waals surface area (Å²) in [5.41, 5.74) is 1.16. The molecule has 0 bridgehead atoms. The van der Waals surface area contributed by atoms with Crippen LogP contribution in [0.4, 0.5) is 0 Å². The average molecular weight is 217 g/mol. The fraction of sp³-hybridized carbons (Fsp3) is 0.800. The first-order valence-electron chi connectivity index (χ1n) is 5.09. The van der Waals surface area contributed by atoms with Crippen LogP contribution in [0.1, 0.15) is 39.5 Å². The molecule has 1 unspecified atom stereocenters. The van der Waals surface area contributed by atoms with Crippen molar-refractivity contribution in [2.45, 2.75) is 50.8 Å². The summed E-state index contributed by atoms with van der Waals surface area (Å²) in [5, 5.41) is -0.349. The first-order valence-corrected chi connectivity index (χ1v) is 6.64. The molecular weight excluding hydrogens is 198 g/mol. The lowest BCUT2D eigenvalue weighted by atomic mass is 9.92. The number of nitrogens with one attached hydrogen (secondary N) is 1. The van der Waals surface area contributed by atoms with Gasteiger partial charge in [-0.1, -0.05) is 12.2 Å². The molecule has 0 spiro atoms. The molecule has 0 amide bonds. The molecule has 0 radical (unpaired) electrons. The van der Waals surface area contributed by atoms with Crippen LogP contribution in [0.2, 0.25) is 0 Å². The van der Waals surface area contributed by atoms with Gasteiger partial charge in [0.2, 0.25) is 10.0 Å². The Balaban J connectivity index is 2.56. The summed E-state index contributed by atoms with van der Waals surface area (Å²) in [6.07, 6.45) is 3.82. The number of rotatable bonds is 3. The lowest BCUT2D eigenvalue weighted by Crippen LogP contribution is -2.40. The van der Waals surface area contributed by atoms with Crippen LogP contribution in [0, 0.1) is 0 Å². The number of hydrogen-bond donors (Lipinski definition) is 1. The molecular formula is C10H19NO2S. The van der Waals surface area contributed by atoms with E-state index < -0.39 is 10.0 Å². The van der Waals surface area contributed by atoms with Crippen LogP contribution in [0.5, 0.6) is 0 Å². The Kier molecular flexibility index (Phi) is 3.72. The number of sulfonamides is 1. The van der Waals surface area contributed by atoms with Crippen molar-refractivity contribution in [3.05, 3.63) is 12.2 Å². The van der Waals surface area contributed by atoms with Gasteiger partial charge in [-0.25, -0.2) is 13.1 Å². The van der Waals surface area contributed by atoms with Gasteiger partial charge in [0.15, 0.2) is 0 Å². The predicted octanol–water partition coefficient (Wildman–Crippen LogP) is 1.81. The molecule has 1 N–H and O–H groups in total. The van der Waals surface area contributed by atoms with Gasteiger partial charge in [-0.05, 0) is 39.5 Å². The van der Waals surface area contributed by atoms with Crippen molar-refractivity contribution in [2.24, 2.45) is 0 Å². The molecule has 1 saturated carbocycles. The molecule has 82 valence electrons. The fourth-order valence-electron chi connectivity index (χ4n) is 1.62. The van der Waals surface area contributed by atoms with Crippen molar-refractivity contribution in [2.75, 3.05) is 0 Å². The molecule has 4 heteroatoms. The van der Waals surface area contributed by atoms with Crippen LogP contribution in [-0.4, -0.2) is 19.7 Å². The summed E-state index contributed by atoms with van der Waals surface area (Å²) < 4.78 is 25.9. The maximum absolute atomic E-state index is 11.6. The minimum Gasteiger partial charge on any atom is -0.212 e. The molecule has 0 saturated heterocycles. The van der Waals surface area contributed by atoms with Gasteiger partial charge in [-0.3, -0.25) is 0 Å². The maximum Gasteiger partial charge on any atom is 0.214 e. The second kappa shape index (κ2) is 4.45. The van der Waals surface area contributed by atoms with Crippen LogP contribution >= 0.6 is 0 Å². The van der Waals surface area contributed by atoms with Crippen molar-refractivity contribution in [1.29, 1.82) is 0 Å². The van der Waals surface area contributed by atoms with Gasteiger partial charge in [0.1, 0.15) is 0 Å². The summed E-state index contributed by atoms with van der Waals surface area (Å²) >= 11 is 0. The van der Waals surface area contributed by atoms with Gasteiger partial charge in [0, 0.05) is 6.04 Å². The predicted molar refractivity (Wildman–Crippen MR) is 58.6 cm³/mol. The Hall–Kier alpha value is -0.350. The Bertz CT molecular complexity index is 306. The molecule has 1 fully saturated rings. The topological polar surface area (TPSA) is 46.2 Å². The molecule has 1 rings (SSSR count). The van der Waals surface area contributed by atoms with E-state index in [0.717, 1.165) is 31.3 Å². The molecule has 3 nitrogen and oxygen atoms in total. The molecule has 1 aliphatic carbocycles. The zero-order valence-corrected chi connectivity index (χ0v) is 9.73. The standard InChI is InChI=1S/C10H19NO2S/c1-8(2)14(12,13)11-10-6-4-5-9(3)7-10/h8,10-11H,3-7H2,1-2H3. The first kappa shape index (κ1) is 11.7. The van der Waals surface area contributed by atoms with E-state index in [-0.39, 0.29) is 11.3 Å². The van der Waals surface area contributed by atoms with E-state index in [1.165, 1.54) is 0 Å². The van der Waals surface area contributed by atoms with E-state index in [0.29, 0.717) is 0 Å². The molecule has 14 heavy (non-hydrogen) atoms. The largest absolute Gasteiger partial charge is 0.214 e. The normalized spacial score (nSPS) is 24.2. The molecule has 0 aromatic carbocycles. The van der Waals surface area contributed by atoms with E-state index in [9.17, 15) is 8.42 Å². The van der Waals surface area contributed by atoms with Gasteiger partial charge in [0.25, 0.3) is 0 Å². The van der Waals surface area contributed by atoms with Crippen molar-refractivity contribution >= 4 is 10.0 Å². The molecule has 0 aliphatic heterocycles. The number of hydrogen-bond acceptors (Lipinski definition) is 2. The summed E-state index contributed by atoms with van der Waals surface area (Å²) in [6, 6.07) is 0.0728. The Labute approximate surface area is 86.6 Å². The zero-order chi connectivity index (χ0) is 10.8. The second-order valence-electron chi connectivity index (χ2n) is 4.25. The van der Waals surface area contributed by atoms with Crippen molar-refractivity contribution in [3.63, 3.8) is 0 Å². The van der Waals surface area contributed by atoms with E-state index in [4.69, 9.17) is 0 Å². The van der Waals surface area contributed by atoms with Gasteiger partial charge < -0.3 is 0 Å². The highest BCUT2D eigenvalue weighted by Crippen LogP contribution is 2.22. The fourth-order valence-corrected chi connectivity index (χ4v) is 2.56. The first-order chi connectivity index (χ1) is 6.42. The molecule has 0 aromatic heterocycles. The lowest BCUT2D eigenvalue weighted by molar-refractivity contribution is 0.470. The molecule has 0 aromatic rings. The second-order valence-corrected chi connectivity index (χ2v) is 6.52. The Morgan fingerprint density at radius 3 is 2.64 bits per heavy atom. The van der Waals surface area contributed by atoms with Crippen LogP contribution in [0.15, 0.2) is 12.2 Å². The van der Waals surface area contributed by atoms with Crippen molar-refractivity contribution < 1.29 is 8.42 Å². The quantitative estimate of drug-likeness (QED) is 0.733. The van der Waals surface area contributed by atoms with Gasteiger partial charge >= 0.3 is 0 Å². The summed E-state index contributed by atoms with van der Waals surface area (Å²) in [7, 11) is -3.11. The molecule has 1 aliphatic rings. The minimum atomic E-state index is -3.11. The van der Waals surface area contributed by atoms with Crippen molar-refractivity contribution in [3.8, 4) is 0 Å². The smallest absolute Gasteiger partial charge is 0.212 e. The third kappa shape index (κ3) is 3.10. The van der Waals surface area contributed by atoms with Crippen LogP contribution in [0.25, 0.3) is 0 Å². The zero-order valence-electron chi connectivity index (χ0n) is 8.91. The highest BCUT2D eigenvalue weighted by molar-refractivity contribution is 7.90. The van der Waals surface area contributed by atoms with Gasteiger partial charge in [-0.15, -0.1) is 0 Å². The van der Waals surface area contributed by atoms with Gasteiger partial charge in [-0.2, -0.15) is 0 Å². The van der Waals surface area contributed by atoms with Gasteiger partial charge in [0.05, 0.1) is 5.25 Å². The summed E-state index contributed by atoms with van der Waals surface area (Å²) in [4.78, 5) is 0. The highest BCUT2D eigenvalue weighted by Gasteiger charge is 2.23.